The Bertz CT molecular complexity index is 1090. The Morgan fingerprint density at radius 2 is 2.06 bits per heavy atom. The first-order chi connectivity index (χ1) is 16.0. The molecule has 3 rings (SSSR count). The summed E-state index contributed by atoms with van der Waals surface area (Å²) in [5.41, 5.74) is 5.76. The molecule has 0 unspecified atom stereocenters. The van der Waals surface area contributed by atoms with E-state index in [4.69, 9.17) is 10.5 Å². The summed E-state index contributed by atoms with van der Waals surface area (Å²) in [6.45, 7) is 1.90. The summed E-state index contributed by atoms with van der Waals surface area (Å²) in [5.74, 6) is 0.0239. The summed E-state index contributed by atoms with van der Waals surface area (Å²) >= 11 is 0. The number of hydrogen-bond donors (Lipinski definition) is 2. The highest BCUT2D eigenvalue weighted by Crippen LogP contribution is 2.39. The molecule has 0 bridgehead atoms. The minimum atomic E-state index is -4.64. The van der Waals surface area contributed by atoms with Crippen molar-refractivity contribution in [1.82, 2.24) is 14.8 Å². The molecule has 0 spiro atoms. The molecule has 1 saturated heterocycles. The summed E-state index contributed by atoms with van der Waals surface area (Å²) in [6, 6.07) is 7.06. The monoisotopic (exact) mass is 476 g/mol. The Morgan fingerprint density at radius 1 is 1.35 bits per heavy atom. The molecule has 11 heteroatoms. The number of alkyl halides is 3. The first-order valence-electron chi connectivity index (χ1n) is 10.7. The van der Waals surface area contributed by atoms with Gasteiger partial charge in [0.2, 0.25) is 5.91 Å². The number of carbonyl (C=O) groups excluding carboxylic acids is 1. The van der Waals surface area contributed by atoms with Gasteiger partial charge in [-0.25, -0.2) is 4.98 Å². The van der Waals surface area contributed by atoms with Crippen molar-refractivity contribution in [3.05, 3.63) is 35.5 Å². The van der Waals surface area contributed by atoms with Gasteiger partial charge < -0.3 is 20.7 Å². The summed E-state index contributed by atoms with van der Waals surface area (Å²) in [7, 11) is 4.99. The highest BCUT2D eigenvalue weighted by molar-refractivity contribution is 5.78. The van der Waals surface area contributed by atoms with Gasteiger partial charge in [0, 0.05) is 39.8 Å². The van der Waals surface area contributed by atoms with Gasteiger partial charge in [-0.05, 0) is 36.6 Å². The van der Waals surface area contributed by atoms with E-state index in [9.17, 15) is 23.2 Å². The number of ether oxygens (including phenoxy) is 1. The number of benzene rings is 1. The van der Waals surface area contributed by atoms with Gasteiger partial charge in [-0.1, -0.05) is 0 Å². The van der Waals surface area contributed by atoms with E-state index >= 15 is 0 Å². The highest BCUT2D eigenvalue weighted by Gasteiger charge is 2.35. The molecule has 182 valence electrons. The normalized spacial score (nSPS) is 14.3. The number of nitrogen functional groups attached to an aromatic ring is 1. The molecule has 0 saturated carbocycles. The molecule has 0 radical (unpaired) electrons. The van der Waals surface area contributed by atoms with E-state index in [1.54, 1.807) is 21.1 Å². The zero-order valence-electron chi connectivity index (χ0n) is 19.2. The van der Waals surface area contributed by atoms with Crippen molar-refractivity contribution in [2.75, 3.05) is 58.4 Å². The van der Waals surface area contributed by atoms with Crippen LogP contribution in [0.15, 0.2) is 24.3 Å². The molecule has 0 aliphatic carbocycles. The van der Waals surface area contributed by atoms with Crippen LogP contribution in [0.2, 0.25) is 0 Å². The summed E-state index contributed by atoms with van der Waals surface area (Å²) in [6.07, 6.45) is -4.05. The van der Waals surface area contributed by atoms with Crippen molar-refractivity contribution in [2.24, 2.45) is 5.92 Å². The van der Waals surface area contributed by atoms with E-state index in [1.165, 1.54) is 23.1 Å². The number of anilines is 2. The van der Waals surface area contributed by atoms with Crippen LogP contribution in [-0.4, -0.2) is 68.1 Å². The number of nitriles is 1. The van der Waals surface area contributed by atoms with Crippen LogP contribution in [0.25, 0.3) is 11.3 Å². The maximum Gasteiger partial charge on any atom is 0.419 e. The molecule has 1 fully saturated rings. The Hall–Kier alpha value is -3.52. The number of amides is 1. The second kappa shape index (κ2) is 10.2. The van der Waals surface area contributed by atoms with Gasteiger partial charge in [-0.3, -0.25) is 9.69 Å². The fraction of sp³-hybridized carbons (Fsp3) is 0.435. The molecule has 1 aromatic heterocycles. The number of rotatable bonds is 8. The highest BCUT2D eigenvalue weighted by atomic mass is 19.4. The van der Waals surface area contributed by atoms with Gasteiger partial charge in [-0.15, -0.1) is 0 Å². The SMILES string of the molecule is CNc1cc(-c2ccc(OCCC3CN(CC(=O)N(C)C)C3)c(C(F)(F)F)c2)nc(C#N)c1N. The van der Waals surface area contributed by atoms with Crippen molar-refractivity contribution in [3.63, 3.8) is 0 Å². The van der Waals surface area contributed by atoms with Crippen LogP contribution < -0.4 is 15.8 Å². The van der Waals surface area contributed by atoms with Gasteiger partial charge in [0.25, 0.3) is 0 Å². The number of hydrogen-bond acceptors (Lipinski definition) is 7. The number of halogens is 3. The molecule has 1 aliphatic heterocycles. The van der Waals surface area contributed by atoms with E-state index in [2.05, 4.69) is 10.3 Å². The number of pyridine rings is 1. The van der Waals surface area contributed by atoms with Gasteiger partial charge in [-0.2, -0.15) is 18.4 Å². The van der Waals surface area contributed by atoms with Crippen molar-refractivity contribution in [2.45, 2.75) is 12.6 Å². The maximum absolute atomic E-state index is 13.8. The number of nitrogens with one attached hydrogen (secondary N) is 1. The van der Waals surface area contributed by atoms with Crippen LogP contribution in [0.3, 0.4) is 0 Å². The molecule has 1 aromatic carbocycles. The van der Waals surface area contributed by atoms with Crippen LogP contribution in [0, 0.1) is 17.2 Å². The Balaban J connectivity index is 1.70. The molecule has 8 nitrogen and oxygen atoms in total. The zero-order chi connectivity index (χ0) is 25.0. The largest absolute Gasteiger partial charge is 0.493 e. The predicted octanol–water partition coefficient (Wildman–Crippen LogP) is 3.05. The molecule has 0 atom stereocenters. The van der Waals surface area contributed by atoms with E-state index in [-0.39, 0.29) is 46.8 Å². The van der Waals surface area contributed by atoms with Gasteiger partial charge in [0.05, 0.1) is 35.8 Å². The minimum absolute atomic E-state index is 0.0175. The molecule has 1 amide bonds. The lowest BCUT2D eigenvalue weighted by Crippen LogP contribution is -2.50. The van der Waals surface area contributed by atoms with Crippen LogP contribution in [0.5, 0.6) is 5.75 Å². The smallest absolute Gasteiger partial charge is 0.419 e. The van der Waals surface area contributed by atoms with Crippen LogP contribution in [0.4, 0.5) is 24.5 Å². The number of nitrogens with two attached hydrogens (primary N) is 1. The number of aromatic nitrogens is 1. The quantitative estimate of drug-likeness (QED) is 0.603. The second-order valence-corrected chi connectivity index (χ2v) is 8.37. The molecule has 1 aliphatic rings. The zero-order valence-corrected chi connectivity index (χ0v) is 19.2. The van der Waals surface area contributed by atoms with Crippen molar-refractivity contribution >= 4 is 17.3 Å². The van der Waals surface area contributed by atoms with Gasteiger partial charge in [0.15, 0.2) is 5.69 Å². The molecular weight excluding hydrogens is 449 g/mol. The number of likely N-dealkylation sites (tertiary alicyclic amines) is 1. The lowest BCUT2D eigenvalue weighted by Gasteiger charge is -2.39. The molecular formula is C23H27F3N6O2. The van der Waals surface area contributed by atoms with Gasteiger partial charge in [0.1, 0.15) is 11.8 Å². The third-order valence-corrected chi connectivity index (χ3v) is 5.69. The molecule has 2 heterocycles. The number of carbonyl (C=O) groups is 1. The topological polar surface area (TPSA) is 108 Å². The number of likely N-dealkylation sites (N-methyl/N-ethyl adjacent to an activating group) is 1. The number of nitrogens with zero attached hydrogens (tertiary/aromatic N) is 4. The fourth-order valence-electron chi connectivity index (χ4n) is 3.69. The third kappa shape index (κ3) is 5.69. The summed E-state index contributed by atoms with van der Waals surface area (Å²) in [5, 5.41) is 12.1. The lowest BCUT2D eigenvalue weighted by atomic mass is 9.97. The average molecular weight is 477 g/mol. The van der Waals surface area contributed by atoms with E-state index in [0.29, 0.717) is 31.7 Å². The van der Waals surface area contributed by atoms with Crippen LogP contribution >= 0.6 is 0 Å². The average Bonchev–Trinajstić information content (AvgIpc) is 2.76. The lowest BCUT2D eigenvalue weighted by molar-refractivity contribution is -0.139. The maximum atomic E-state index is 13.8. The Kier molecular flexibility index (Phi) is 7.51. The first kappa shape index (κ1) is 25.1. The summed E-state index contributed by atoms with van der Waals surface area (Å²) < 4.78 is 46.8. The Morgan fingerprint density at radius 3 is 2.65 bits per heavy atom. The van der Waals surface area contributed by atoms with Gasteiger partial charge >= 0.3 is 6.18 Å². The van der Waals surface area contributed by atoms with E-state index in [0.717, 1.165) is 6.07 Å². The minimum Gasteiger partial charge on any atom is -0.493 e. The van der Waals surface area contributed by atoms with E-state index < -0.39 is 11.7 Å². The van der Waals surface area contributed by atoms with E-state index in [1.807, 2.05) is 11.0 Å². The molecule has 2 aromatic rings. The fourth-order valence-corrected chi connectivity index (χ4v) is 3.69. The standard InChI is InChI=1S/C23H27F3N6O2/c1-29-18-9-17(30-19(10-27)22(18)28)15-4-5-20(16(8-15)23(24,25)26)34-7-6-14-11-32(12-14)13-21(33)31(2)3/h4-5,8-9,14H,6-7,11-13,28H2,1-3H3,(H,29,30). The first-order valence-corrected chi connectivity index (χ1v) is 10.7. The second-order valence-electron chi connectivity index (χ2n) is 8.37. The van der Waals surface area contributed by atoms with Crippen LogP contribution in [-0.2, 0) is 11.0 Å². The van der Waals surface area contributed by atoms with Crippen molar-refractivity contribution in [3.8, 4) is 23.1 Å². The van der Waals surface area contributed by atoms with Crippen LogP contribution in [0.1, 0.15) is 17.7 Å². The van der Waals surface area contributed by atoms with Crippen molar-refractivity contribution < 1.29 is 22.7 Å². The summed E-state index contributed by atoms with van der Waals surface area (Å²) in [4.78, 5) is 19.3. The molecule has 3 N–H and O–H groups in total. The third-order valence-electron chi connectivity index (χ3n) is 5.69. The Labute approximate surface area is 196 Å². The predicted molar refractivity (Wildman–Crippen MR) is 122 cm³/mol. The van der Waals surface area contributed by atoms with Crippen molar-refractivity contribution in [1.29, 1.82) is 5.26 Å². The molecule has 34 heavy (non-hydrogen) atoms.